The summed E-state index contributed by atoms with van der Waals surface area (Å²) in [5, 5.41) is 14.0. The number of anilines is 2. The molecule has 3 rings (SSSR count). The molecule has 0 bridgehead atoms. The summed E-state index contributed by atoms with van der Waals surface area (Å²) in [4.78, 5) is 26.0. The second-order valence-electron chi connectivity index (χ2n) is 5.20. The van der Waals surface area contributed by atoms with E-state index in [4.69, 9.17) is 11.6 Å². The third-order valence-electron chi connectivity index (χ3n) is 3.59. The normalized spacial score (nSPS) is 13.3. The van der Waals surface area contributed by atoms with Crippen LogP contribution in [0.5, 0.6) is 0 Å². The van der Waals surface area contributed by atoms with Crippen LogP contribution in [-0.2, 0) is 4.79 Å². The number of nitro groups is 1. The van der Waals surface area contributed by atoms with Gasteiger partial charge in [-0.05, 0) is 24.3 Å². The van der Waals surface area contributed by atoms with Crippen molar-refractivity contribution in [3.63, 3.8) is 0 Å². The molecule has 0 spiro atoms. The van der Waals surface area contributed by atoms with Crippen molar-refractivity contribution in [2.45, 2.75) is 4.90 Å². The van der Waals surface area contributed by atoms with E-state index < -0.39 is 4.92 Å². The van der Waals surface area contributed by atoms with Gasteiger partial charge in [-0.15, -0.1) is 11.8 Å². The van der Waals surface area contributed by atoms with Gasteiger partial charge in [0, 0.05) is 28.3 Å². The highest BCUT2D eigenvalue weighted by molar-refractivity contribution is 7.99. The minimum absolute atomic E-state index is 0.136. The summed E-state index contributed by atoms with van der Waals surface area (Å²) in [6.07, 6.45) is 0. The van der Waals surface area contributed by atoms with Crippen molar-refractivity contribution in [3.8, 4) is 0 Å². The molecule has 1 amide bonds. The molecule has 8 heteroatoms. The molecule has 0 saturated carbocycles. The van der Waals surface area contributed by atoms with Crippen LogP contribution in [0.15, 0.2) is 47.4 Å². The Morgan fingerprint density at radius 2 is 2.12 bits per heavy atom. The number of nitrogens with one attached hydrogen (secondary N) is 1. The first-order chi connectivity index (χ1) is 11.5. The van der Waals surface area contributed by atoms with E-state index in [1.54, 1.807) is 11.8 Å². The van der Waals surface area contributed by atoms with Gasteiger partial charge in [-0.1, -0.05) is 23.7 Å². The average molecular weight is 364 g/mol. The van der Waals surface area contributed by atoms with E-state index in [9.17, 15) is 14.9 Å². The molecular weight excluding hydrogens is 350 g/mol. The van der Waals surface area contributed by atoms with Crippen LogP contribution in [0.25, 0.3) is 0 Å². The number of carbonyl (C=O) groups is 1. The molecule has 1 N–H and O–H groups in total. The average Bonchev–Trinajstić information content (AvgIpc) is 2.56. The number of nitro benzene ring substituents is 1. The molecule has 1 aliphatic heterocycles. The maximum Gasteiger partial charge on any atom is 0.294 e. The molecule has 6 nitrogen and oxygen atoms in total. The molecule has 0 fully saturated rings. The van der Waals surface area contributed by atoms with Gasteiger partial charge in [-0.25, -0.2) is 0 Å². The fraction of sp³-hybridized carbons (Fsp3) is 0.188. The van der Waals surface area contributed by atoms with Gasteiger partial charge < -0.3 is 10.2 Å². The van der Waals surface area contributed by atoms with Gasteiger partial charge in [-0.2, -0.15) is 0 Å². The molecule has 0 atom stereocenters. The maximum absolute atomic E-state index is 12.3. The third kappa shape index (κ3) is 3.63. The monoisotopic (exact) mass is 363 g/mol. The first kappa shape index (κ1) is 16.6. The smallest absolute Gasteiger partial charge is 0.294 e. The van der Waals surface area contributed by atoms with Crippen molar-refractivity contribution < 1.29 is 9.72 Å². The van der Waals surface area contributed by atoms with Gasteiger partial charge in [0.1, 0.15) is 5.69 Å². The van der Waals surface area contributed by atoms with Crippen molar-refractivity contribution in [2.24, 2.45) is 0 Å². The number of hydrogen-bond acceptors (Lipinski definition) is 5. The largest absolute Gasteiger partial charge is 0.360 e. The molecule has 0 aliphatic carbocycles. The Hall–Kier alpha value is -2.25. The van der Waals surface area contributed by atoms with Crippen LogP contribution in [0.1, 0.15) is 0 Å². The highest BCUT2D eigenvalue weighted by Gasteiger charge is 2.21. The minimum Gasteiger partial charge on any atom is -0.360 e. The van der Waals surface area contributed by atoms with Crippen molar-refractivity contribution in [2.75, 3.05) is 29.1 Å². The number of halogens is 1. The van der Waals surface area contributed by atoms with Gasteiger partial charge in [0.05, 0.1) is 17.2 Å². The highest BCUT2D eigenvalue weighted by Crippen LogP contribution is 2.34. The van der Waals surface area contributed by atoms with Crippen LogP contribution in [0.4, 0.5) is 17.1 Å². The quantitative estimate of drug-likeness (QED) is 0.660. The van der Waals surface area contributed by atoms with Crippen LogP contribution in [0.2, 0.25) is 5.02 Å². The molecule has 0 saturated heterocycles. The summed E-state index contributed by atoms with van der Waals surface area (Å²) < 4.78 is 0. The molecule has 0 radical (unpaired) electrons. The van der Waals surface area contributed by atoms with E-state index in [1.807, 2.05) is 29.2 Å². The number of amides is 1. The number of benzene rings is 2. The maximum atomic E-state index is 12.3. The Bertz CT molecular complexity index is 800. The molecule has 1 heterocycles. The van der Waals surface area contributed by atoms with Crippen LogP contribution < -0.4 is 10.2 Å². The van der Waals surface area contributed by atoms with E-state index in [0.29, 0.717) is 0 Å². The SMILES string of the molecule is O=C(CN1CCSc2ccccc21)Nc1ccc(Cl)cc1[N+](=O)[O-]. The van der Waals surface area contributed by atoms with Crippen LogP contribution >= 0.6 is 23.4 Å². The summed E-state index contributed by atoms with van der Waals surface area (Å²) in [5.41, 5.74) is 0.939. The second kappa shape index (κ2) is 7.11. The lowest BCUT2D eigenvalue weighted by Gasteiger charge is -2.30. The van der Waals surface area contributed by atoms with E-state index in [0.717, 1.165) is 22.9 Å². The summed E-state index contributed by atoms with van der Waals surface area (Å²) in [7, 11) is 0. The van der Waals surface area contributed by atoms with Crippen LogP contribution in [-0.4, -0.2) is 29.7 Å². The van der Waals surface area contributed by atoms with Crippen molar-refractivity contribution in [3.05, 3.63) is 57.6 Å². The van der Waals surface area contributed by atoms with Gasteiger partial charge in [0.15, 0.2) is 0 Å². The Morgan fingerprint density at radius 1 is 1.33 bits per heavy atom. The first-order valence-electron chi connectivity index (χ1n) is 7.25. The standard InChI is InChI=1S/C16H14ClN3O3S/c17-11-5-6-12(14(9-11)20(22)23)18-16(21)10-19-7-8-24-15-4-2-1-3-13(15)19/h1-6,9H,7-8,10H2,(H,18,21). The van der Waals surface area contributed by atoms with E-state index in [1.165, 1.54) is 18.2 Å². The van der Waals surface area contributed by atoms with E-state index in [2.05, 4.69) is 5.32 Å². The van der Waals surface area contributed by atoms with Gasteiger partial charge >= 0.3 is 0 Å². The molecule has 124 valence electrons. The summed E-state index contributed by atoms with van der Waals surface area (Å²) in [6.45, 7) is 0.884. The number of hydrogen-bond donors (Lipinski definition) is 1. The molecule has 24 heavy (non-hydrogen) atoms. The van der Waals surface area contributed by atoms with E-state index >= 15 is 0 Å². The third-order valence-corrected chi connectivity index (χ3v) is 4.87. The molecule has 2 aromatic rings. The number of carbonyl (C=O) groups excluding carboxylic acids is 1. The molecule has 0 aromatic heterocycles. The lowest BCUT2D eigenvalue weighted by atomic mass is 10.2. The molecule has 1 aliphatic rings. The fourth-order valence-corrected chi connectivity index (χ4v) is 3.73. The number of nitrogens with zero attached hydrogens (tertiary/aromatic N) is 2. The lowest BCUT2D eigenvalue weighted by molar-refractivity contribution is -0.383. The minimum atomic E-state index is -0.561. The molecule has 2 aromatic carbocycles. The van der Waals surface area contributed by atoms with Gasteiger partial charge in [0.2, 0.25) is 5.91 Å². The number of thioether (sulfide) groups is 1. The predicted molar refractivity (Wildman–Crippen MR) is 96.1 cm³/mol. The van der Waals surface area contributed by atoms with Crippen LogP contribution in [0.3, 0.4) is 0 Å². The zero-order valence-corrected chi connectivity index (χ0v) is 14.1. The van der Waals surface area contributed by atoms with Crippen LogP contribution in [0, 0.1) is 10.1 Å². The topological polar surface area (TPSA) is 75.5 Å². The Morgan fingerprint density at radius 3 is 2.92 bits per heavy atom. The zero-order valence-electron chi connectivity index (χ0n) is 12.6. The summed E-state index contributed by atoms with van der Waals surface area (Å²) >= 11 is 7.54. The lowest BCUT2D eigenvalue weighted by Crippen LogP contribution is -2.36. The van der Waals surface area contributed by atoms with Gasteiger partial charge in [-0.3, -0.25) is 14.9 Å². The van der Waals surface area contributed by atoms with Gasteiger partial charge in [0.25, 0.3) is 5.69 Å². The summed E-state index contributed by atoms with van der Waals surface area (Å²) in [5.74, 6) is 0.591. The second-order valence-corrected chi connectivity index (χ2v) is 6.78. The van der Waals surface area contributed by atoms with E-state index in [-0.39, 0.29) is 28.8 Å². The fourth-order valence-electron chi connectivity index (χ4n) is 2.52. The first-order valence-corrected chi connectivity index (χ1v) is 8.61. The number of para-hydroxylation sites is 1. The Balaban J connectivity index is 1.75. The molecular formula is C16H14ClN3O3S. The highest BCUT2D eigenvalue weighted by atomic mass is 35.5. The van der Waals surface area contributed by atoms with Crippen molar-refractivity contribution in [1.29, 1.82) is 0 Å². The Kier molecular flexibility index (Phi) is 4.92. The number of rotatable bonds is 4. The zero-order chi connectivity index (χ0) is 17.1. The Labute approximate surface area is 147 Å². The predicted octanol–water partition coefficient (Wildman–Crippen LogP) is 3.80. The summed E-state index contributed by atoms with van der Waals surface area (Å²) in [6, 6.07) is 12.1. The number of fused-ring (bicyclic) bond motifs is 1. The molecule has 0 unspecified atom stereocenters. The van der Waals surface area contributed by atoms with Crippen molar-refractivity contribution >= 4 is 46.3 Å². The van der Waals surface area contributed by atoms with Crippen molar-refractivity contribution in [1.82, 2.24) is 0 Å².